The van der Waals surface area contributed by atoms with E-state index in [1.165, 1.54) is 0 Å². The fourth-order valence-corrected chi connectivity index (χ4v) is 1.65. The van der Waals surface area contributed by atoms with Crippen LogP contribution in [0.3, 0.4) is 0 Å². The molecule has 2 nitrogen and oxygen atoms in total. The lowest BCUT2D eigenvalue weighted by molar-refractivity contribution is 0.212. The van der Waals surface area contributed by atoms with Crippen LogP contribution < -0.4 is 0 Å². The summed E-state index contributed by atoms with van der Waals surface area (Å²) < 4.78 is 0. The third-order valence-corrected chi connectivity index (χ3v) is 2.58. The normalized spacial score (nSPS) is 12.2. The Labute approximate surface area is 89.5 Å². The number of nitrogens with zero attached hydrogens (tertiary/aromatic N) is 1. The average Bonchev–Trinajstić information content (AvgIpc) is 2.20. The highest BCUT2D eigenvalue weighted by molar-refractivity contribution is 6.62. The van der Waals surface area contributed by atoms with Crippen molar-refractivity contribution in [1.29, 1.82) is 0 Å². The van der Waals surface area contributed by atoms with E-state index in [2.05, 4.69) is 0 Å². The van der Waals surface area contributed by atoms with Gasteiger partial charge in [0.15, 0.2) is 0 Å². The maximum absolute atomic E-state index is 11.0. The van der Waals surface area contributed by atoms with Gasteiger partial charge in [0.2, 0.25) is 0 Å². The van der Waals surface area contributed by atoms with Crippen LogP contribution in [-0.4, -0.2) is 17.3 Å². The second-order valence-corrected chi connectivity index (χ2v) is 3.52. The molecule has 1 atom stereocenters. The largest absolute Gasteiger partial charge is 0.325 e. The molecule has 0 radical (unpaired) electrons. The molecule has 0 N–H and O–H groups in total. The van der Waals surface area contributed by atoms with Gasteiger partial charge in [0.25, 0.3) is 0 Å². The van der Waals surface area contributed by atoms with Crippen molar-refractivity contribution in [3.8, 4) is 0 Å². The van der Waals surface area contributed by atoms with Crippen molar-refractivity contribution in [2.24, 2.45) is 0 Å². The average molecular weight is 212 g/mol. The van der Waals surface area contributed by atoms with E-state index in [0.29, 0.717) is 0 Å². The summed E-state index contributed by atoms with van der Waals surface area (Å²) in [4.78, 5) is 12.6. The Bertz CT molecular complexity index is 299. The van der Waals surface area contributed by atoms with Crippen LogP contribution in [0.1, 0.15) is 24.9 Å². The molecule has 0 aliphatic rings. The van der Waals surface area contributed by atoms with Crippen LogP contribution in [0.4, 0.5) is 4.79 Å². The van der Waals surface area contributed by atoms with Crippen LogP contribution >= 0.6 is 11.6 Å². The van der Waals surface area contributed by atoms with Crippen molar-refractivity contribution >= 4 is 17.0 Å². The highest BCUT2D eigenvalue weighted by Gasteiger charge is 2.17. The van der Waals surface area contributed by atoms with Crippen LogP contribution in [0, 0.1) is 0 Å². The van der Waals surface area contributed by atoms with Crippen molar-refractivity contribution in [2.75, 3.05) is 7.05 Å². The number of hydrogen-bond acceptors (Lipinski definition) is 1. The van der Waals surface area contributed by atoms with E-state index in [1.54, 1.807) is 11.9 Å². The summed E-state index contributed by atoms with van der Waals surface area (Å²) in [5.41, 5.74) is 1.12. The molecule has 0 aliphatic heterocycles. The molecule has 0 aromatic heterocycles. The molecule has 0 bridgehead atoms. The quantitative estimate of drug-likeness (QED) is 0.554. The van der Waals surface area contributed by atoms with Crippen molar-refractivity contribution < 1.29 is 4.79 Å². The van der Waals surface area contributed by atoms with Crippen molar-refractivity contribution in [2.45, 2.75) is 19.4 Å². The molecule has 0 saturated carbocycles. The van der Waals surface area contributed by atoms with Gasteiger partial charge < -0.3 is 4.90 Å². The topological polar surface area (TPSA) is 20.3 Å². The third-order valence-electron chi connectivity index (χ3n) is 2.32. The second-order valence-electron chi connectivity index (χ2n) is 3.20. The molecule has 0 unspecified atom stereocenters. The zero-order valence-corrected chi connectivity index (χ0v) is 9.16. The minimum Gasteiger partial charge on any atom is -0.325 e. The van der Waals surface area contributed by atoms with Gasteiger partial charge in [0.1, 0.15) is 0 Å². The van der Waals surface area contributed by atoms with Gasteiger partial charge in [-0.25, -0.2) is 0 Å². The number of carbonyl (C=O) groups is 1. The van der Waals surface area contributed by atoms with Gasteiger partial charge in [0.05, 0.1) is 6.04 Å². The molecule has 0 heterocycles. The molecular weight excluding hydrogens is 198 g/mol. The molecule has 76 valence electrons. The first-order valence-corrected chi connectivity index (χ1v) is 5.01. The summed E-state index contributed by atoms with van der Waals surface area (Å²) in [6.45, 7) is 2.04. The molecular formula is C11H14ClNO. The van der Waals surface area contributed by atoms with Crippen LogP contribution in [0.2, 0.25) is 0 Å². The Balaban J connectivity index is 2.87. The Hall–Kier alpha value is -1.02. The Morgan fingerprint density at radius 2 is 2.00 bits per heavy atom. The maximum atomic E-state index is 11.0. The van der Waals surface area contributed by atoms with Crippen molar-refractivity contribution in [1.82, 2.24) is 4.90 Å². The predicted octanol–water partition coefficient (Wildman–Crippen LogP) is 3.43. The van der Waals surface area contributed by atoms with Crippen molar-refractivity contribution in [3.63, 3.8) is 0 Å². The van der Waals surface area contributed by atoms with Gasteiger partial charge in [-0.15, -0.1) is 0 Å². The monoisotopic (exact) mass is 211 g/mol. The minimum absolute atomic E-state index is 0.0706. The van der Waals surface area contributed by atoms with Crippen LogP contribution in [-0.2, 0) is 0 Å². The van der Waals surface area contributed by atoms with Gasteiger partial charge in [-0.3, -0.25) is 4.79 Å². The van der Waals surface area contributed by atoms with Gasteiger partial charge in [-0.2, -0.15) is 0 Å². The van der Waals surface area contributed by atoms with E-state index in [0.717, 1.165) is 12.0 Å². The molecule has 0 aliphatic carbocycles. The zero-order valence-electron chi connectivity index (χ0n) is 8.40. The molecule has 3 heteroatoms. The lowest BCUT2D eigenvalue weighted by Gasteiger charge is -2.25. The summed E-state index contributed by atoms with van der Waals surface area (Å²) >= 11 is 5.44. The van der Waals surface area contributed by atoms with Gasteiger partial charge in [-0.05, 0) is 23.6 Å². The molecule has 0 spiro atoms. The molecule has 14 heavy (non-hydrogen) atoms. The summed E-state index contributed by atoms with van der Waals surface area (Å²) in [6, 6.07) is 9.96. The lowest BCUT2D eigenvalue weighted by atomic mass is 10.0. The SMILES string of the molecule is CC[C@H](c1ccccc1)N(C)C(=O)Cl. The Morgan fingerprint density at radius 1 is 1.43 bits per heavy atom. The molecule has 0 fully saturated rings. The highest BCUT2D eigenvalue weighted by atomic mass is 35.5. The number of rotatable bonds is 3. The molecule has 0 saturated heterocycles. The smallest absolute Gasteiger partial charge is 0.316 e. The van der Waals surface area contributed by atoms with E-state index in [9.17, 15) is 4.79 Å². The first kappa shape index (κ1) is 11.1. The number of hydrogen-bond donors (Lipinski definition) is 0. The minimum atomic E-state index is -0.416. The van der Waals surface area contributed by atoms with Crippen molar-refractivity contribution in [3.05, 3.63) is 35.9 Å². The molecule has 1 aromatic rings. The van der Waals surface area contributed by atoms with E-state index in [4.69, 9.17) is 11.6 Å². The van der Waals surface area contributed by atoms with Crippen LogP contribution in [0.15, 0.2) is 30.3 Å². The standard InChI is InChI=1S/C11H14ClNO/c1-3-10(13(2)11(12)14)9-7-5-4-6-8-9/h4-8,10H,3H2,1-2H3/t10-/m1/s1. The number of amides is 1. The lowest BCUT2D eigenvalue weighted by Crippen LogP contribution is -2.26. The second kappa shape index (κ2) is 5.01. The Morgan fingerprint density at radius 3 is 2.43 bits per heavy atom. The fraction of sp³-hybridized carbons (Fsp3) is 0.364. The first-order valence-electron chi connectivity index (χ1n) is 4.64. The molecule has 1 amide bonds. The van der Waals surface area contributed by atoms with E-state index >= 15 is 0 Å². The first-order chi connectivity index (χ1) is 6.66. The van der Waals surface area contributed by atoms with E-state index in [-0.39, 0.29) is 6.04 Å². The van der Waals surface area contributed by atoms with Crippen LogP contribution in [0.5, 0.6) is 0 Å². The Kier molecular flexibility index (Phi) is 3.96. The summed E-state index contributed by atoms with van der Waals surface area (Å²) in [5, 5.41) is -0.416. The molecule has 1 rings (SSSR count). The summed E-state index contributed by atoms with van der Waals surface area (Å²) in [6.07, 6.45) is 0.860. The van der Waals surface area contributed by atoms with E-state index in [1.807, 2.05) is 37.3 Å². The third kappa shape index (κ3) is 2.48. The zero-order chi connectivity index (χ0) is 10.6. The summed E-state index contributed by atoms with van der Waals surface area (Å²) in [7, 11) is 1.72. The maximum Gasteiger partial charge on any atom is 0.316 e. The van der Waals surface area contributed by atoms with E-state index < -0.39 is 5.37 Å². The number of carbonyl (C=O) groups excluding carboxylic acids is 1. The number of benzene rings is 1. The van der Waals surface area contributed by atoms with Gasteiger partial charge in [0, 0.05) is 7.05 Å². The van der Waals surface area contributed by atoms with Gasteiger partial charge >= 0.3 is 5.37 Å². The number of halogens is 1. The highest BCUT2D eigenvalue weighted by Crippen LogP contribution is 2.23. The fourth-order valence-electron chi connectivity index (χ4n) is 1.53. The summed E-state index contributed by atoms with van der Waals surface area (Å²) in [5.74, 6) is 0. The van der Waals surface area contributed by atoms with Gasteiger partial charge in [-0.1, -0.05) is 37.3 Å². The molecule has 1 aromatic carbocycles. The predicted molar refractivity (Wildman–Crippen MR) is 58.5 cm³/mol. The van der Waals surface area contributed by atoms with Crippen LogP contribution in [0.25, 0.3) is 0 Å².